The van der Waals surface area contributed by atoms with Crippen LogP contribution in [0.4, 0.5) is 5.82 Å². The molecule has 0 amide bonds. The van der Waals surface area contributed by atoms with E-state index in [1.807, 2.05) is 13.2 Å². The van der Waals surface area contributed by atoms with Gasteiger partial charge >= 0.3 is 0 Å². The number of aliphatic hydroxyl groups is 2. The second-order valence-corrected chi connectivity index (χ2v) is 11.5. The first-order valence-corrected chi connectivity index (χ1v) is 15.1. The minimum Gasteiger partial charge on any atom is -0.473 e. The van der Waals surface area contributed by atoms with Gasteiger partial charge in [-0.05, 0) is 37.3 Å². The van der Waals surface area contributed by atoms with Crippen LogP contribution >= 0.6 is 0 Å². The Bertz CT molecular complexity index is 1410. The number of benzene rings is 1. The molecule has 0 bridgehead atoms. The fourth-order valence-electron chi connectivity index (χ4n) is 6.18. The van der Waals surface area contributed by atoms with Gasteiger partial charge in [-0.15, -0.1) is 5.10 Å². The van der Waals surface area contributed by atoms with E-state index in [9.17, 15) is 10.2 Å². The van der Waals surface area contributed by atoms with Crippen molar-refractivity contribution in [3.8, 4) is 11.3 Å². The van der Waals surface area contributed by atoms with Gasteiger partial charge in [-0.3, -0.25) is 19.5 Å². The van der Waals surface area contributed by atoms with Crippen molar-refractivity contribution >= 4 is 22.6 Å². The molecule has 11 heteroatoms. The summed E-state index contributed by atoms with van der Waals surface area (Å²) in [6.45, 7) is 5.98. The third-order valence-corrected chi connectivity index (χ3v) is 8.69. The molecule has 3 aromatic rings. The van der Waals surface area contributed by atoms with Crippen molar-refractivity contribution in [2.45, 2.75) is 50.6 Å². The van der Waals surface area contributed by atoms with Gasteiger partial charge in [-0.25, -0.2) is 4.98 Å². The molecule has 1 aromatic carbocycles. The maximum atomic E-state index is 9.82. The van der Waals surface area contributed by atoms with Crippen LogP contribution in [0.2, 0.25) is 0 Å². The second kappa shape index (κ2) is 12.8. The van der Waals surface area contributed by atoms with E-state index >= 15 is 0 Å². The minimum atomic E-state index is -0.706. The van der Waals surface area contributed by atoms with Gasteiger partial charge in [0.2, 0.25) is 5.90 Å². The van der Waals surface area contributed by atoms with Crippen LogP contribution in [0.1, 0.15) is 37.3 Å². The van der Waals surface area contributed by atoms with Crippen LogP contribution in [-0.2, 0) is 11.3 Å². The summed E-state index contributed by atoms with van der Waals surface area (Å²) in [5.41, 5.74) is 4.45. The van der Waals surface area contributed by atoms with Gasteiger partial charge in [0, 0.05) is 82.7 Å². The Morgan fingerprint density at radius 2 is 1.76 bits per heavy atom. The Balaban J connectivity index is 1.16. The van der Waals surface area contributed by atoms with Crippen molar-refractivity contribution < 1.29 is 14.9 Å². The Morgan fingerprint density at radius 1 is 1.02 bits per heavy atom. The van der Waals surface area contributed by atoms with Gasteiger partial charge in [0.15, 0.2) is 6.23 Å². The summed E-state index contributed by atoms with van der Waals surface area (Å²) in [6.07, 6.45) is 8.49. The fraction of sp³-hybridized carbons (Fsp3) is 0.516. The van der Waals surface area contributed by atoms with E-state index in [0.29, 0.717) is 5.90 Å². The van der Waals surface area contributed by atoms with E-state index in [-0.39, 0.29) is 18.8 Å². The standard InChI is InChI=1S/C31H42N8O3/c1-32-28-19-27-26(20-33-28)31(23-5-3-22(4-6-23)21-38-15-13-37(14-16-38)17-18-40)35-39(27)24-7-9-25(10-8-24)42-29-11-12-30(41)36(2)34-29/h3-6,11-12,19-20,24-25,30,40-41H,7-10,13-18,21H2,1-2H3,(H,32,33). The zero-order chi connectivity index (χ0) is 29.1. The van der Waals surface area contributed by atoms with E-state index in [2.05, 4.69) is 60.2 Å². The highest BCUT2D eigenvalue weighted by Gasteiger charge is 2.28. The summed E-state index contributed by atoms with van der Waals surface area (Å²) < 4.78 is 8.36. The average molecular weight is 575 g/mol. The smallest absolute Gasteiger partial charge is 0.230 e. The number of fused-ring (bicyclic) bond motifs is 1. The summed E-state index contributed by atoms with van der Waals surface area (Å²) in [6, 6.07) is 11.2. The number of rotatable bonds is 8. The molecule has 1 aliphatic carbocycles. The molecule has 1 saturated carbocycles. The number of hydrogen-bond donors (Lipinski definition) is 3. The summed E-state index contributed by atoms with van der Waals surface area (Å²) >= 11 is 0. The lowest BCUT2D eigenvalue weighted by Crippen LogP contribution is -2.46. The number of nitrogens with zero attached hydrogens (tertiary/aromatic N) is 7. The Kier molecular flexibility index (Phi) is 8.71. The van der Waals surface area contributed by atoms with E-state index in [1.165, 1.54) is 10.6 Å². The first kappa shape index (κ1) is 28.6. The third-order valence-electron chi connectivity index (χ3n) is 8.69. The number of nitrogens with one attached hydrogen (secondary N) is 1. The van der Waals surface area contributed by atoms with Crippen molar-refractivity contribution in [2.24, 2.45) is 5.10 Å². The molecular weight excluding hydrogens is 532 g/mol. The zero-order valence-corrected chi connectivity index (χ0v) is 24.6. The zero-order valence-electron chi connectivity index (χ0n) is 24.6. The van der Waals surface area contributed by atoms with Crippen LogP contribution in [0.3, 0.4) is 0 Å². The lowest BCUT2D eigenvalue weighted by atomic mass is 9.93. The largest absolute Gasteiger partial charge is 0.473 e. The van der Waals surface area contributed by atoms with E-state index in [0.717, 1.165) is 92.9 Å². The first-order chi connectivity index (χ1) is 20.5. The molecule has 6 rings (SSSR count). The molecule has 2 aromatic heterocycles. The number of β-amino-alcohol motifs (C(OH)–C–C–N with tert-alkyl or cyclic N) is 1. The number of pyridine rings is 1. The number of aromatic nitrogens is 3. The molecule has 1 atom stereocenters. The highest BCUT2D eigenvalue weighted by Crippen LogP contribution is 2.36. The van der Waals surface area contributed by atoms with E-state index in [4.69, 9.17) is 9.84 Å². The maximum Gasteiger partial charge on any atom is 0.230 e. The van der Waals surface area contributed by atoms with Gasteiger partial charge in [-0.1, -0.05) is 24.3 Å². The van der Waals surface area contributed by atoms with Gasteiger partial charge in [0.25, 0.3) is 0 Å². The van der Waals surface area contributed by atoms with Gasteiger partial charge in [-0.2, -0.15) is 5.10 Å². The van der Waals surface area contributed by atoms with Crippen molar-refractivity contribution in [1.29, 1.82) is 0 Å². The van der Waals surface area contributed by atoms with Crippen LogP contribution in [-0.4, -0.2) is 111 Å². The predicted octanol–water partition coefficient (Wildman–Crippen LogP) is 2.88. The number of anilines is 1. The van der Waals surface area contributed by atoms with Gasteiger partial charge in [0.05, 0.1) is 18.2 Å². The summed E-state index contributed by atoms with van der Waals surface area (Å²) in [4.78, 5) is 9.42. The number of likely N-dealkylation sites (N-methyl/N-ethyl adjacent to an activating group) is 1. The molecule has 4 heterocycles. The first-order valence-electron chi connectivity index (χ1n) is 15.1. The SMILES string of the molecule is CNc1cc2c(cn1)c(-c1ccc(CN3CCN(CCO)CC3)cc1)nn2C1CCC(OC2=NN(C)C(O)C=C2)CC1. The number of hydrazone groups is 1. The van der Waals surface area contributed by atoms with Crippen LogP contribution in [0.15, 0.2) is 53.8 Å². The molecule has 1 unspecified atom stereocenters. The number of aliphatic hydroxyl groups excluding tert-OH is 2. The Morgan fingerprint density at radius 3 is 2.45 bits per heavy atom. The van der Waals surface area contributed by atoms with Gasteiger partial charge < -0.3 is 20.3 Å². The van der Waals surface area contributed by atoms with Crippen molar-refractivity contribution in [3.05, 3.63) is 54.2 Å². The molecule has 11 nitrogen and oxygen atoms in total. The highest BCUT2D eigenvalue weighted by atomic mass is 16.5. The second-order valence-electron chi connectivity index (χ2n) is 11.5. The lowest BCUT2D eigenvalue weighted by molar-refractivity contribution is 0.0532. The molecule has 1 saturated heterocycles. The lowest BCUT2D eigenvalue weighted by Gasteiger charge is -2.34. The predicted molar refractivity (Wildman–Crippen MR) is 164 cm³/mol. The number of ether oxygens (including phenoxy) is 1. The quantitative estimate of drug-likeness (QED) is 0.374. The highest BCUT2D eigenvalue weighted by molar-refractivity contribution is 5.94. The monoisotopic (exact) mass is 574 g/mol. The number of piperazine rings is 1. The normalized spacial score (nSPS) is 23.8. The van der Waals surface area contributed by atoms with Crippen LogP contribution in [0, 0.1) is 0 Å². The molecule has 3 N–H and O–H groups in total. The molecule has 0 radical (unpaired) electrons. The molecule has 0 spiro atoms. The molecule has 3 aliphatic rings. The van der Waals surface area contributed by atoms with Crippen molar-refractivity contribution in [2.75, 3.05) is 58.7 Å². The fourth-order valence-corrected chi connectivity index (χ4v) is 6.18. The Hall–Kier alpha value is -3.51. The third kappa shape index (κ3) is 6.29. The summed E-state index contributed by atoms with van der Waals surface area (Å²) in [5.74, 6) is 1.38. The van der Waals surface area contributed by atoms with E-state index < -0.39 is 6.23 Å². The van der Waals surface area contributed by atoms with Gasteiger partial charge in [0.1, 0.15) is 17.6 Å². The summed E-state index contributed by atoms with van der Waals surface area (Å²) in [5, 5.41) is 34.3. The molecule has 2 aliphatic heterocycles. The molecule has 42 heavy (non-hydrogen) atoms. The maximum absolute atomic E-state index is 9.82. The number of hydrogen-bond acceptors (Lipinski definition) is 10. The topological polar surface area (TPSA) is 115 Å². The van der Waals surface area contributed by atoms with E-state index in [1.54, 1.807) is 19.2 Å². The summed E-state index contributed by atoms with van der Waals surface area (Å²) in [7, 11) is 3.63. The molecule has 2 fully saturated rings. The molecular formula is C31H42N8O3. The average Bonchev–Trinajstić information content (AvgIpc) is 3.40. The van der Waals surface area contributed by atoms with Crippen LogP contribution < -0.4 is 5.32 Å². The van der Waals surface area contributed by atoms with Crippen LogP contribution in [0.5, 0.6) is 0 Å². The molecule has 224 valence electrons. The van der Waals surface area contributed by atoms with Crippen LogP contribution in [0.25, 0.3) is 22.2 Å². The minimum absolute atomic E-state index is 0.0920. The Labute approximate surface area is 247 Å². The van der Waals surface area contributed by atoms with Crippen molar-refractivity contribution in [3.63, 3.8) is 0 Å². The van der Waals surface area contributed by atoms with Crippen molar-refractivity contribution in [1.82, 2.24) is 29.6 Å².